The van der Waals surface area contributed by atoms with Crippen LogP contribution in [0.4, 0.5) is 18.0 Å². The molecule has 1 heterocycles. The predicted molar refractivity (Wildman–Crippen MR) is 120 cm³/mol. The Labute approximate surface area is 193 Å². The average Bonchev–Trinajstić information content (AvgIpc) is 3.02. The summed E-state index contributed by atoms with van der Waals surface area (Å²) in [6, 6.07) is 16.5. The molecule has 0 radical (unpaired) electrons. The standard InChI is InChI=1S/C25H22F3N3O3/c1-15(17-11-10-16-6-3-4-7-18(16)12-17)29-21(32)14-31-22(33)24(2,30-23(31)34)19-8-5-9-20(13-19)25(26,27)28/h3-13,15H,14H2,1-2H3,(H,29,32)(H,30,34). The van der Waals surface area contributed by atoms with E-state index in [9.17, 15) is 27.6 Å². The summed E-state index contributed by atoms with van der Waals surface area (Å²) in [6.45, 7) is 2.54. The molecule has 0 bridgehead atoms. The molecule has 0 aliphatic carbocycles. The Hall–Kier alpha value is -3.88. The summed E-state index contributed by atoms with van der Waals surface area (Å²) in [4.78, 5) is 38.9. The first-order chi connectivity index (χ1) is 16.0. The maximum Gasteiger partial charge on any atom is 0.416 e. The van der Waals surface area contributed by atoms with Gasteiger partial charge in [0.15, 0.2) is 0 Å². The summed E-state index contributed by atoms with van der Waals surface area (Å²) < 4.78 is 39.3. The number of imide groups is 1. The van der Waals surface area contributed by atoms with Crippen LogP contribution in [0.15, 0.2) is 66.7 Å². The number of amides is 4. The summed E-state index contributed by atoms with van der Waals surface area (Å²) in [5.41, 5.74) is -1.83. The number of carbonyl (C=O) groups excluding carboxylic acids is 3. The first-order valence-corrected chi connectivity index (χ1v) is 10.6. The highest BCUT2D eigenvalue weighted by Gasteiger charge is 2.50. The smallest absolute Gasteiger partial charge is 0.348 e. The third-order valence-corrected chi connectivity index (χ3v) is 5.99. The van der Waals surface area contributed by atoms with Gasteiger partial charge >= 0.3 is 12.2 Å². The van der Waals surface area contributed by atoms with Gasteiger partial charge < -0.3 is 10.6 Å². The summed E-state index contributed by atoms with van der Waals surface area (Å²) in [5, 5.41) is 7.25. The molecule has 9 heteroatoms. The van der Waals surface area contributed by atoms with Crippen LogP contribution in [0.25, 0.3) is 10.8 Å². The molecule has 3 aromatic rings. The van der Waals surface area contributed by atoms with Crippen molar-refractivity contribution in [2.75, 3.05) is 6.54 Å². The molecule has 2 atom stereocenters. The van der Waals surface area contributed by atoms with Crippen molar-refractivity contribution in [2.45, 2.75) is 31.6 Å². The van der Waals surface area contributed by atoms with Crippen molar-refractivity contribution in [3.63, 3.8) is 0 Å². The van der Waals surface area contributed by atoms with Gasteiger partial charge in [0.05, 0.1) is 11.6 Å². The van der Waals surface area contributed by atoms with Gasteiger partial charge in [0.25, 0.3) is 5.91 Å². The molecule has 2 N–H and O–H groups in total. The number of halogens is 3. The van der Waals surface area contributed by atoms with Crippen molar-refractivity contribution in [3.05, 3.63) is 83.4 Å². The first-order valence-electron chi connectivity index (χ1n) is 10.6. The molecular weight excluding hydrogens is 447 g/mol. The molecule has 0 saturated carbocycles. The Bertz CT molecular complexity index is 1290. The number of nitrogens with one attached hydrogen (secondary N) is 2. The van der Waals surface area contributed by atoms with E-state index in [0.29, 0.717) is 4.90 Å². The largest absolute Gasteiger partial charge is 0.416 e. The molecule has 2 unspecified atom stereocenters. The summed E-state index contributed by atoms with van der Waals surface area (Å²) >= 11 is 0. The summed E-state index contributed by atoms with van der Waals surface area (Å²) in [5.74, 6) is -1.37. The number of alkyl halides is 3. The van der Waals surface area contributed by atoms with Crippen molar-refractivity contribution in [1.82, 2.24) is 15.5 Å². The number of urea groups is 1. The van der Waals surface area contributed by atoms with Crippen LogP contribution in [-0.4, -0.2) is 29.3 Å². The highest BCUT2D eigenvalue weighted by atomic mass is 19.4. The molecule has 1 aliphatic rings. The van der Waals surface area contributed by atoms with E-state index in [0.717, 1.165) is 28.5 Å². The van der Waals surface area contributed by atoms with Crippen molar-refractivity contribution >= 4 is 28.6 Å². The Morgan fingerprint density at radius 3 is 2.44 bits per heavy atom. The normalized spacial score (nSPS) is 19.3. The predicted octanol–water partition coefficient (Wildman–Crippen LogP) is 4.50. The summed E-state index contributed by atoms with van der Waals surface area (Å²) in [7, 11) is 0. The van der Waals surface area contributed by atoms with Crippen LogP contribution in [0.1, 0.15) is 36.6 Å². The number of carbonyl (C=O) groups is 3. The third kappa shape index (κ3) is 4.33. The van der Waals surface area contributed by atoms with Crippen molar-refractivity contribution < 1.29 is 27.6 Å². The second-order valence-corrected chi connectivity index (χ2v) is 8.42. The topological polar surface area (TPSA) is 78.5 Å². The molecule has 0 aromatic heterocycles. The van der Waals surface area contributed by atoms with E-state index in [4.69, 9.17) is 0 Å². The lowest BCUT2D eigenvalue weighted by Crippen LogP contribution is -2.43. The van der Waals surface area contributed by atoms with Gasteiger partial charge in [-0.1, -0.05) is 48.5 Å². The van der Waals surface area contributed by atoms with Gasteiger partial charge in [0.2, 0.25) is 5.91 Å². The molecule has 1 aliphatic heterocycles. The van der Waals surface area contributed by atoms with E-state index in [-0.39, 0.29) is 5.56 Å². The number of fused-ring (bicyclic) bond motifs is 1. The highest BCUT2D eigenvalue weighted by molar-refractivity contribution is 6.09. The number of benzene rings is 3. The second-order valence-electron chi connectivity index (χ2n) is 8.42. The lowest BCUT2D eigenvalue weighted by atomic mass is 9.90. The monoisotopic (exact) mass is 469 g/mol. The molecular formula is C25H22F3N3O3. The third-order valence-electron chi connectivity index (χ3n) is 5.99. The maximum atomic E-state index is 13.1. The van der Waals surface area contributed by atoms with Crippen molar-refractivity contribution in [3.8, 4) is 0 Å². The van der Waals surface area contributed by atoms with Gasteiger partial charge in [-0.05, 0) is 53.9 Å². The minimum Gasteiger partial charge on any atom is -0.348 e. The van der Waals surface area contributed by atoms with E-state index in [1.807, 2.05) is 42.5 Å². The molecule has 0 spiro atoms. The lowest BCUT2D eigenvalue weighted by Gasteiger charge is -2.23. The minimum atomic E-state index is -4.60. The lowest BCUT2D eigenvalue weighted by molar-refractivity contribution is -0.138. The number of rotatable bonds is 5. The zero-order chi connectivity index (χ0) is 24.7. The van der Waals surface area contributed by atoms with Crippen LogP contribution in [0, 0.1) is 0 Å². The van der Waals surface area contributed by atoms with E-state index < -0.39 is 47.7 Å². The van der Waals surface area contributed by atoms with Gasteiger partial charge in [0.1, 0.15) is 12.1 Å². The fraction of sp³-hybridized carbons (Fsp3) is 0.240. The van der Waals surface area contributed by atoms with Crippen molar-refractivity contribution in [1.29, 1.82) is 0 Å². The van der Waals surface area contributed by atoms with Crippen molar-refractivity contribution in [2.24, 2.45) is 0 Å². The number of nitrogens with zero attached hydrogens (tertiary/aromatic N) is 1. The molecule has 4 amide bonds. The quantitative estimate of drug-likeness (QED) is 0.540. The van der Waals surface area contributed by atoms with E-state index in [1.54, 1.807) is 6.92 Å². The molecule has 1 saturated heterocycles. The fourth-order valence-corrected chi connectivity index (χ4v) is 4.03. The molecule has 176 valence electrons. The minimum absolute atomic E-state index is 0.0203. The van der Waals surface area contributed by atoms with E-state index in [1.165, 1.54) is 19.1 Å². The first kappa shape index (κ1) is 23.3. The highest BCUT2D eigenvalue weighted by Crippen LogP contribution is 2.34. The maximum absolute atomic E-state index is 13.1. The Morgan fingerprint density at radius 1 is 1.03 bits per heavy atom. The SMILES string of the molecule is CC(NC(=O)CN1C(=O)NC(C)(c2cccc(C(F)(F)F)c2)C1=O)c1ccc2ccccc2c1. The zero-order valence-electron chi connectivity index (χ0n) is 18.4. The molecule has 1 fully saturated rings. The Kier molecular flexibility index (Phi) is 5.80. The van der Waals surface area contributed by atoms with Gasteiger partial charge in [0, 0.05) is 0 Å². The van der Waals surface area contributed by atoms with Crippen LogP contribution in [-0.2, 0) is 21.3 Å². The molecule has 4 rings (SSSR count). The Morgan fingerprint density at radius 2 is 1.74 bits per heavy atom. The van der Waals surface area contributed by atoms with Crippen LogP contribution in [0.3, 0.4) is 0 Å². The number of hydrogen-bond acceptors (Lipinski definition) is 3. The molecule has 6 nitrogen and oxygen atoms in total. The molecule has 34 heavy (non-hydrogen) atoms. The zero-order valence-corrected chi connectivity index (χ0v) is 18.4. The van der Waals surface area contributed by atoms with Crippen LogP contribution >= 0.6 is 0 Å². The summed E-state index contributed by atoms with van der Waals surface area (Å²) in [6.07, 6.45) is -4.60. The van der Waals surface area contributed by atoms with Gasteiger partial charge in [-0.3, -0.25) is 14.5 Å². The number of hydrogen-bond donors (Lipinski definition) is 2. The average molecular weight is 469 g/mol. The Balaban J connectivity index is 1.48. The molecule has 3 aromatic carbocycles. The van der Waals surface area contributed by atoms with Gasteiger partial charge in [-0.15, -0.1) is 0 Å². The van der Waals surface area contributed by atoms with Gasteiger partial charge in [-0.2, -0.15) is 13.2 Å². The fourth-order valence-electron chi connectivity index (χ4n) is 4.03. The van der Waals surface area contributed by atoms with Crippen LogP contribution in [0.5, 0.6) is 0 Å². The van der Waals surface area contributed by atoms with Crippen LogP contribution in [0.2, 0.25) is 0 Å². The van der Waals surface area contributed by atoms with E-state index >= 15 is 0 Å². The van der Waals surface area contributed by atoms with Crippen LogP contribution < -0.4 is 10.6 Å². The van der Waals surface area contributed by atoms with E-state index in [2.05, 4.69) is 10.6 Å². The second kappa shape index (κ2) is 8.48. The van der Waals surface area contributed by atoms with Gasteiger partial charge in [-0.25, -0.2) is 4.79 Å².